The topological polar surface area (TPSA) is 81.8 Å². The van der Waals surface area contributed by atoms with E-state index in [-0.39, 0.29) is 22.2 Å². The Hall–Kier alpha value is -2.44. The molecular weight excluding hydrogens is 298 g/mol. The van der Waals surface area contributed by atoms with Crippen LogP contribution in [0.1, 0.15) is 5.56 Å². The van der Waals surface area contributed by atoms with Crippen LogP contribution in [0.4, 0.5) is 5.69 Å². The lowest BCUT2D eigenvalue weighted by Gasteiger charge is -2.19. The fraction of sp³-hybridized carbons (Fsp3) is 0.0625. The van der Waals surface area contributed by atoms with Crippen molar-refractivity contribution in [3.63, 3.8) is 0 Å². The summed E-state index contributed by atoms with van der Waals surface area (Å²) in [6.07, 6.45) is 1.82. The maximum absolute atomic E-state index is 10.0. The van der Waals surface area contributed by atoms with E-state index >= 15 is 0 Å². The first-order chi connectivity index (χ1) is 10.7. The van der Waals surface area contributed by atoms with Gasteiger partial charge in [0, 0.05) is 16.7 Å². The molecule has 0 aliphatic carbocycles. The number of rotatable bonds is 3. The number of phenolic OH excluding ortho intramolecular Hbond substituents is 2. The van der Waals surface area contributed by atoms with Crippen molar-refractivity contribution < 1.29 is 15.6 Å². The molecule has 5 nitrogen and oxygen atoms in total. The predicted octanol–water partition coefficient (Wildman–Crippen LogP) is 1.88. The van der Waals surface area contributed by atoms with E-state index in [1.165, 1.54) is 11.0 Å². The van der Waals surface area contributed by atoms with Gasteiger partial charge in [-0.25, -0.2) is 4.36 Å². The summed E-state index contributed by atoms with van der Waals surface area (Å²) in [6, 6.07) is 12.8. The van der Waals surface area contributed by atoms with Crippen molar-refractivity contribution >= 4 is 28.3 Å². The Morgan fingerprint density at radius 2 is 1.95 bits per heavy atom. The normalized spacial score (nSPS) is 18.8. The van der Waals surface area contributed by atoms with Crippen molar-refractivity contribution in [2.75, 3.05) is 5.75 Å². The first kappa shape index (κ1) is 13.2. The third-order valence-electron chi connectivity index (χ3n) is 3.67. The van der Waals surface area contributed by atoms with E-state index in [1.54, 1.807) is 17.6 Å². The number of quaternary nitrogens is 1. The molecule has 110 valence electrons. The monoisotopic (exact) mass is 312 g/mol. The molecule has 2 aliphatic heterocycles. The lowest BCUT2D eigenvalue weighted by molar-refractivity contribution is -0.565. The maximum atomic E-state index is 10.0. The standard InChI is InChI=1S/C16H13N3O2S/c20-11-5-6-12(14(21)7-11)16-10(8-17-18-16)9-22-15-4-2-1-3-13(15)19-22/h1-8,20-21H,9H2,(H,17,18)/p+1. The average molecular weight is 312 g/mol. The number of phenols is 2. The van der Waals surface area contributed by atoms with E-state index < -0.39 is 0 Å². The minimum atomic E-state index is -0.142. The van der Waals surface area contributed by atoms with Crippen molar-refractivity contribution in [3.8, 4) is 11.5 Å². The van der Waals surface area contributed by atoms with Gasteiger partial charge in [0.15, 0.2) is 5.70 Å². The smallest absolute Gasteiger partial charge is 0.172 e. The highest BCUT2D eigenvalue weighted by atomic mass is 32.2. The molecule has 1 atom stereocenters. The number of fused-ring (bicyclic) bond motifs is 1. The zero-order valence-electron chi connectivity index (χ0n) is 11.6. The summed E-state index contributed by atoms with van der Waals surface area (Å²) in [7, 11) is -0.142. The molecule has 4 rings (SSSR count). The SMILES string of the molecule is Oc1ccc(C2=C(CS3=Nc4ccccc43)C=N[NH2+]2)c(O)c1. The zero-order chi connectivity index (χ0) is 15.1. The quantitative estimate of drug-likeness (QED) is 0.756. The summed E-state index contributed by atoms with van der Waals surface area (Å²) in [5.74, 6) is 0.891. The van der Waals surface area contributed by atoms with Crippen LogP contribution >= 0.6 is 0 Å². The van der Waals surface area contributed by atoms with E-state index in [0.29, 0.717) is 5.56 Å². The summed E-state index contributed by atoms with van der Waals surface area (Å²) in [4.78, 5) is 1.28. The van der Waals surface area contributed by atoms with Crippen LogP contribution in [0.3, 0.4) is 0 Å². The van der Waals surface area contributed by atoms with Crippen LogP contribution in [-0.2, 0) is 10.7 Å². The second-order valence-corrected chi connectivity index (χ2v) is 6.76. The van der Waals surface area contributed by atoms with Gasteiger partial charge in [0.1, 0.15) is 11.5 Å². The van der Waals surface area contributed by atoms with Gasteiger partial charge in [0.2, 0.25) is 0 Å². The Balaban J connectivity index is 1.67. The van der Waals surface area contributed by atoms with Crippen molar-refractivity contribution in [1.82, 2.24) is 0 Å². The summed E-state index contributed by atoms with van der Waals surface area (Å²) >= 11 is 0. The van der Waals surface area contributed by atoms with Crippen LogP contribution in [0.15, 0.2) is 62.4 Å². The Bertz CT molecular complexity index is 871. The fourth-order valence-corrected chi connectivity index (χ4v) is 4.28. The van der Waals surface area contributed by atoms with E-state index in [2.05, 4.69) is 15.5 Å². The molecule has 0 fully saturated rings. The summed E-state index contributed by atoms with van der Waals surface area (Å²) < 4.78 is 4.63. The highest BCUT2D eigenvalue weighted by Gasteiger charge is 2.25. The molecule has 2 aromatic carbocycles. The summed E-state index contributed by atoms with van der Waals surface area (Å²) in [6.45, 7) is 0. The van der Waals surface area contributed by atoms with E-state index in [9.17, 15) is 10.2 Å². The summed E-state index contributed by atoms with van der Waals surface area (Å²) in [5, 5.41) is 23.7. The van der Waals surface area contributed by atoms with Crippen LogP contribution in [0.25, 0.3) is 5.70 Å². The Morgan fingerprint density at radius 1 is 1.09 bits per heavy atom. The van der Waals surface area contributed by atoms with Crippen molar-refractivity contribution in [3.05, 3.63) is 53.6 Å². The lowest BCUT2D eigenvalue weighted by atomic mass is 10.1. The van der Waals surface area contributed by atoms with Gasteiger partial charge in [0.25, 0.3) is 0 Å². The third-order valence-corrected chi connectivity index (χ3v) is 5.53. The molecule has 6 heteroatoms. The lowest BCUT2D eigenvalue weighted by Crippen LogP contribution is -2.73. The Kier molecular flexibility index (Phi) is 3.06. The van der Waals surface area contributed by atoms with E-state index in [1.807, 2.05) is 24.4 Å². The van der Waals surface area contributed by atoms with Gasteiger partial charge in [0.05, 0.1) is 23.0 Å². The Morgan fingerprint density at radius 3 is 2.77 bits per heavy atom. The largest absolute Gasteiger partial charge is 0.508 e. The number of hydrogen-bond donors (Lipinski definition) is 3. The molecule has 22 heavy (non-hydrogen) atoms. The number of nitrogens with two attached hydrogens (primary N) is 1. The average Bonchev–Trinajstić information content (AvgIpc) is 2.93. The minimum Gasteiger partial charge on any atom is -0.508 e. The number of benzene rings is 2. The third kappa shape index (κ3) is 2.13. The molecule has 0 saturated carbocycles. The van der Waals surface area contributed by atoms with Gasteiger partial charge in [-0.2, -0.15) is 5.43 Å². The fourth-order valence-electron chi connectivity index (χ4n) is 2.58. The van der Waals surface area contributed by atoms with Gasteiger partial charge in [-0.1, -0.05) is 27.9 Å². The van der Waals surface area contributed by atoms with E-state index in [4.69, 9.17) is 0 Å². The molecule has 2 heterocycles. The predicted molar refractivity (Wildman–Crippen MR) is 86.1 cm³/mol. The van der Waals surface area contributed by atoms with Crippen molar-refractivity contribution in [1.29, 1.82) is 0 Å². The van der Waals surface area contributed by atoms with Crippen molar-refractivity contribution in [2.45, 2.75) is 4.90 Å². The molecule has 0 bridgehead atoms. The van der Waals surface area contributed by atoms with Gasteiger partial charge in [-0.05, 0) is 24.3 Å². The Labute approximate surface area is 129 Å². The van der Waals surface area contributed by atoms with Crippen LogP contribution in [0, 0.1) is 0 Å². The molecule has 0 saturated heterocycles. The first-order valence-electron chi connectivity index (χ1n) is 6.86. The molecule has 4 N–H and O–H groups in total. The highest BCUT2D eigenvalue weighted by molar-refractivity contribution is 7.89. The van der Waals surface area contributed by atoms with Crippen molar-refractivity contribution in [2.24, 2.45) is 9.46 Å². The van der Waals surface area contributed by atoms with Gasteiger partial charge >= 0.3 is 0 Å². The molecule has 0 aromatic heterocycles. The van der Waals surface area contributed by atoms with Gasteiger partial charge in [-0.3, -0.25) is 0 Å². The van der Waals surface area contributed by atoms with E-state index in [0.717, 1.165) is 22.7 Å². The second kappa shape index (κ2) is 5.08. The summed E-state index contributed by atoms with van der Waals surface area (Å²) in [5.41, 5.74) is 5.45. The molecule has 1 unspecified atom stereocenters. The van der Waals surface area contributed by atoms with Crippen LogP contribution in [-0.4, -0.2) is 22.2 Å². The van der Waals surface area contributed by atoms with Crippen LogP contribution in [0.2, 0.25) is 0 Å². The minimum absolute atomic E-state index is 0.0483. The van der Waals surface area contributed by atoms with Crippen LogP contribution < -0.4 is 5.43 Å². The molecular formula is C16H14N3O2S+. The second-order valence-electron chi connectivity index (χ2n) is 5.12. The molecule has 0 spiro atoms. The highest BCUT2D eigenvalue weighted by Crippen LogP contribution is 2.36. The first-order valence-corrected chi connectivity index (χ1v) is 8.21. The van der Waals surface area contributed by atoms with Gasteiger partial charge in [-0.15, -0.1) is 0 Å². The number of hydrogen-bond acceptors (Lipinski definition) is 4. The molecule has 0 radical (unpaired) electrons. The molecule has 0 amide bonds. The maximum Gasteiger partial charge on any atom is 0.172 e. The number of aromatic hydroxyl groups is 2. The van der Waals surface area contributed by atoms with Gasteiger partial charge < -0.3 is 10.2 Å². The molecule has 2 aromatic rings. The zero-order valence-corrected chi connectivity index (χ0v) is 12.4. The molecule has 2 aliphatic rings. The number of nitrogens with zero attached hydrogens (tertiary/aromatic N) is 2. The van der Waals surface area contributed by atoms with Crippen LogP contribution in [0.5, 0.6) is 11.5 Å².